The van der Waals surface area contributed by atoms with Crippen LogP contribution in [0.3, 0.4) is 0 Å². The summed E-state index contributed by atoms with van der Waals surface area (Å²) in [5.41, 5.74) is 1.27. The smallest absolute Gasteiger partial charge is 0.416 e. The average molecular weight is 784 g/mol. The molecule has 0 saturated heterocycles. The molecule has 2 heterocycles. The van der Waals surface area contributed by atoms with Gasteiger partial charge >= 0.3 is 12.1 Å². The maximum atomic E-state index is 13.1. The molecule has 9 nitrogen and oxygen atoms in total. The molecule has 55 heavy (non-hydrogen) atoms. The highest BCUT2D eigenvalue weighted by molar-refractivity contribution is 7.79. The number of amides is 2. The Hall–Kier alpha value is -4.88. The number of halogens is 3. The molecule has 3 aromatic carbocycles. The summed E-state index contributed by atoms with van der Waals surface area (Å²) in [5, 5.41) is 10.2. The molecule has 1 aliphatic heterocycles. The van der Waals surface area contributed by atoms with Crippen LogP contribution < -0.4 is 15.5 Å². The highest BCUT2D eigenvalue weighted by Crippen LogP contribution is 2.31. The Morgan fingerprint density at radius 3 is 2.09 bits per heavy atom. The Bertz CT molecular complexity index is 1760. The van der Waals surface area contributed by atoms with Gasteiger partial charge in [0.1, 0.15) is 17.5 Å². The topological polar surface area (TPSA) is 106 Å². The van der Waals surface area contributed by atoms with Gasteiger partial charge in [-0.15, -0.1) is 0 Å². The van der Waals surface area contributed by atoms with Crippen LogP contribution in [-0.4, -0.2) is 58.6 Å². The molecule has 0 aliphatic carbocycles. The molecular weight excluding hydrogens is 728 g/mol. The molecule has 0 spiro atoms. The maximum absolute atomic E-state index is 13.1. The van der Waals surface area contributed by atoms with E-state index in [1.165, 1.54) is 28.7 Å². The van der Waals surface area contributed by atoms with Crippen molar-refractivity contribution in [3.05, 3.63) is 126 Å². The lowest BCUT2D eigenvalue weighted by Crippen LogP contribution is -2.53. The Morgan fingerprint density at radius 2 is 1.53 bits per heavy atom. The molecule has 4 aromatic rings. The number of hydrogen-bond acceptors (Lipinski definition) is 7. The zero-order valence-corrected chi connectivity index (χ0v) is 34.2. The van der Waals surface area contributed by atoms with Crippen molar-refractivity contribution in [3.8, 4) is 5.69 Å². The van der Waals surface area contributed by atoms with Gasteiger partial charge in [0.25, 0.3) is 11.8 Å². The second-order valence-electron chi connectivity index (χ2n) is 12.2. The summed E-state index contributed by atoms with van der Waals surface area (Å²) in [7, 11) is 0. The zero-order chi connectivity index (χ0) is 41.6. The third-order valence-electron chi connectivity index (χ3n) is 7.23. The van der Waals surface area contributed by atoms with Crippen LogP contribution >= 0.6 is 12.6 Å². The molecule has 1 aliphatic rings. The lowest BCUT2D eigenvalue weighted by Gasteiger charge is -2.32. The number of likely N-dealkylation sites (N-methyl/N-ethyl adjacent to an activating group) is 1. The Kier molecular flexibility index (Phi) is 21.5. The van der Waals surface area contributed by atoms with E-state index in [1.807, 2.05) is 97.0 Å². The summed E-state index contributed by atoms with van der Waals surface area (Å²) in [6.45, 7) is 17.2. The number of nitrogens with one attached hydrogen (secondary N) is 2. The first-order valence-electron chi connectivity index (χ1n) is 18.3. The summed E-state index contributed by atoms with van der Waals surface area (Å²) in [6, 6.07) is 22.7. The van der Waals surface area contributed by atoms with Crippen LogP contribution in [0.25, 0.3) is 5.69 Å². The van der Waals surface area contributed by atoms with Crippen LogP contribution in [0.5, 0.6) is 0 Å². The number of ether oxygens (including phenoxy) is 1. The van der Waals surface area contributed by atoms with Crippen LogP contribution in [0.4, 0.5) is 19.0 Å². The minimum absolute atomic E-state index is 0.156. The number of benzene rings is 3. The van der Waals surface area contributed by atoms with Gasteiger partial charge in [0.05, 0.1) is 17.4 Å². The normalized spacial score (nSPS) is 13.3. The van der Waals surface area contributed by atoms with Crippen LogP contribution in [-0.2, 0) is 33.5 Å². The largest absolute Gasteiger partial charge is 0.457 e. The number of anilines is 1. The second kappa shape index (κ2) is 24.5. The lowest BCUT2D eigenvalue weighted by atomic mass is 10.0. The predicted octanol–water partition coefficient (Wildman–Crippen LogP) is 8.87. The molecule has 13 heteroatoms. The van der Waals surface area contributed by atoms with Gasteiger partial charge in [-0.05, 0) is 69.8 Å². The van der Waals surface area contributed by atoms with E-state index >= 15 is 0 Å². The standard InChI is InChI=1S/C22H19F3N4O2.C15H21NO2.2C2H6.CH4S/c1-2-28-20-15(13-26-29(20)17-9-4-3-5-10-17)12-18(21(28)31)27-19(30)14-7-6-8-16(11-14)22(23,24)25;1-15(2,3)18-14(17)10-7-11-16-12-13-8-5-4-6-9-13;3*1-2/h3-11,13,18H,2,12H2,1H3,(H,27,30);4-10,16H,11-12H2,1-3H3;2*1-2H3;2H,1H3/b;10-7+;;;. The van der Waals surface area contributed by atoms with Crippen molar-refractivity contribution in [2.24, 2.45) is 0 Å². The minimum Gasteiger partial charge on any atom is -0.457 e. The van der Waals surface area contributed by atoms with Crippen molar-refractivity contribution in [1.82, 2.24) is 20.4 Å². The molecule has 0 fully saturated rings. The van der Waals surface area contributed by atoms with E-state index in [4.69, 9.17) is 4.74 Å². The number of aromatic nitrogens is 2. The SMILES string of the molecule is CC.CC.CC(C)(C)OC(=O)/C=C/CNCc1ccccc1.CCN1C(=O)C(NC(=O)c2cccc(C(F)(F)F)c2)Cc2cnn(-c3ccccc3)c21.CS. The number of carbonyl (C=O) groups is 3. The highest BCUT2D eigenvalue weighted by Gasteiger charge is 2.37. The third kappa shape index (κ3) is 15.8. The molecule has 1 unspecified atom stereocenters. The number of carbonyl (C=O) groups excluding carboxylic acids is 3. The van der Waals surface area contributed by atoms with Crippen LogP contribution in [0, 0.1) is 0 Å². The van der Waals surface area contributed by atoms with Crippen LogP contribution in [0.15, 0.2) is 103 Å². The van der Waals surface area contributed by atoms with Crippen molar-refractivity contribution in [2.45, 2.75) is 86.2 Å². The van der Waals surface area contributed by atoms with Crippen molar-refractivity contribution < 1.29 is 32.3 Å². The van der Waals surface area contributed by atoms with Gasteiger partial charge in [0.15, 0.2) is 0 Å². The fraction of sp³-hybridized carbons (Fsp3) is 0.381. The number of rotatable bonds is 9. The van der Waals surface area contributed by atoms with Gasteiger partial charge in [-0.25, -0.2) is 9.48 Å². The molecule has 5 rings (SSSR count). The van der Waals surface area contributed by atoms with E-state index in [2.05, 4.69) is 40.5 Å². The quantitative estimate of drug-likeness (QED) is 0.0679. The average Bonchev–Trinajstić information content (AvgIpc) is 3.61. The molecule has 2 N–H and O–H groups in total. The minimum atomic E-state index is -4.56. The molecule has 2 amide bonds. The Morgan fingerprint density at radius 1 is 0.927 bits per heavy atom. The molecule has 0 bridgehead atoms. The fourth-order valence-corrected chi connectivity index (χ4v) is 5.05. The number of fused-ring (bicyclic) bond motifs is 1. The fourth-order valence-electron chi connectivity index (χ4n) is 5.05. The van der Waals surface area contributed by atoms with Gasteiger partial charge in [0.2, 0.25) is 0 Å². The van der Waals surface area contributed by atoms with E-state index in [9.17, 15) is 27.6 Å². The monoisotopic (exact) mass is 783 g/mol. The van der Waals surface area contributed by atoms with E-state index in [0.29, 0.717) is 18.9 Å². The first-order chi connectivity index (χ1) is 26.3. The molecule has 1 atom stereocenters. The summed E-state index contributed by atoms with van der Waals surface area (Å²) in [5.74, 6) is -0.750. The number of para-hydroxylation sites is 1. The van der Waals surface area contributed by atoms with Crippen molar-refractivity contribution in [2.75, 3.05) is 24.2 Å². The van der Waals surface area contributed by atoms with Gasteiger partial charge in [-0.3, -0.25) is 14.5 Å². The van der Waals surface area contributed by atoms with Gasteiger partial charge in [0, 0.05) is 43.3 Å². The first kappa shape index (κ1) is 48.1. The van der Waals surface area contributed by atoms with Crippen molar-refractivity contribution in [1.29, 1.82) is 0 Å². The number of thiol groups is 1. The van der Waals surface area contributed by atoms with Crippen LogP contribution in [0.1, 0.15) is 82.4 Å². The molecule has 0 saturated carbocycles. The highest BCUT2D eigenvalue weighted by atomic mass is 32.1. The van der Waals surface area contributed by atoms with Gasteiger partial charge in [-0.2, -0.15) is 30.9 Å². The predicted molar refractivity (Wildman–Crippen MR) is 219 cm³/mol. The Balaban J connectivity index is 0.000000539. The number of esters is 1. The number of nitrogens with zero attached hydrogens (tertiary/aromatic N) is 3. The second-order valence-corrected chi connectivity index (χ2v) is 12.2. The van der Waals surface area contributed by atoms with E-state index in [1.54, 1.807) is 30.1 Å². The molecule has 300 valence electrons. The van der Waals surface area contributed by atoms with Gasteiger partial charge in [-0.1, -0.05) is 88.4 Å². The summed E-state index contributed by atoms with van der Waals surface area (Å²) >= 11 is 3.53. The van der Waals surface area contributed by atoms with Crippen molar-refractivity contribution >= 4 is 36.2 Å². The summed E-state index contributed by atoms with van der Waals surface area (Å²) in [6.07, 6.45) is 2.21. The molecule has 0 radical (unpaired) electrons. The van der Waals surface area contributed by atoms with E-state index in [-0.39, 0.29) is 23.9 Å². The summed E-state index contributed by atoms with van der Waals surface area (Å²) < 4.78 is 45.7. The molecule has 1 aromatic heterocycles. The van der Waals surface area contributed by atoms with E-state index < -0.39 is 29.3 Å². The van der Waals surface area contributed by atoms with Crippen LogP contribution in [0.2, 0.25) is 0 Å². The maximum Gasteiger partial charge on any atom is 0.416 e. The Labute approximate surface area is 329 Å². The van der Waals surface area contributed by atoms with E-state index in [0.717, 1.165) is 29.9 Å². The lowest BCUT2D eigenvalue weighted by molar-refractivity contribution is -0.148. The first-order valence-corrected chi connectivity index (χ1v) is 19.2. The van der Waals surface area contributed by atoms with Gasteiger partial charge < -0.3 is 15.4 Å². The van der Waals surface area contributed by atoms with Crippen molar-refractivity contribution in [3.63, 3.8) is 0 Å². The molecular formula is C42H56F3N5O4S. The number of hydrogen-bond donors (Lipinski definition) is 3. The number of alkyl halides is 3. The third-order valence-corrected chi connectivity index (χ3v) is 7.23. The summed E-state index contributed by atoms with van der Waals surface area (Å²) in [4.78, 5) is 38.6. The zero-order valence-electron chi connectivity index (χ0n) is 33.3.